The first-order chi connectivity index (χ1) is 6.11. The van der Waals surface area contributed by atoms with E-state index in [1.165, 1.54) is 32.5 Å². The maximum absolute atomic E-state index is 4.41. The van der Waals surface area contributed by atoms with E-state index in [1.807, 2.05) is 0 Å². The van der Waals surface area contributed by atoms with E-state index in [0.29, 0.717) is 5.41 Å². The molecule has 0 radical (unpaired) electrons. The highest BCUT2D eigenvalue weighted by Gasteiger charge is 2.40. The average Bonchev–Trinajstić information content (AvgIpc) is 2.30. The first-order valence-electron chi connectivity index (χ1n) is 5.44. The van der Waals surface area contributed by atoms with Crippen LogP contribution in [0.5, 0.6) is 0 Å². The summed E-state index contributed by atoms with van der Waals surface area (Å²) in [5, 5.41) is 0. The fourth-order valence-electron chi connectivity index (χ4n) is 2.64. The molecular weight excluding hydrogens is 178 g/mol. The van der Waals surface area contributed by atoms with Crippen LogP contribution in [0.15, 0.2) is 0 Å². The molecule has 13 heavy (non-hydrogen) atoms. The van der Waals surface area contributed by atoms with Crippen LogP contribution in [0.3, 0.4) is 0 Å². The fourth-order valence-corrected chi connectivity index (χ4v) is 2.74. The van der Waals surface area contributed by atoms with Crippen LogP contribution in [0.4, 0.5) is 0 Å². The largest absolute Gasteiger partial charge is 0.302 e. The molecule has 0 amide bonds. The molecule has 1 saturated carbocycles. The zero-order valence-electron chi connectivity index (χ0n) is 8.79. The molecule has 0 N–H and O–H groups in total. The van der Waals surface area contributed by atoms with Crippen LogP contribution in [0.1, 0.15) is 26.7 Å². The Morgan fingerprint density at radius 2 is 1.77 bits per heavy atom. The lowest BCUT2D eigenvalue weighted by atomic mass is 9.77. The molecule has 0 aromatic heterocycles. The van der Waals surface area contributed by atoms with Gasteiger partial charge in [-0.1, -0.05) is 13.8 Å². The van der Waals surface area contributed by atoms with Gasteiger partial charge < -0.3 is 4.90 Å². The molecule has 0 spiro atoms. The predicted octanol–water partition coefficient (Wildman–Crippen LogP) is 2.28. The average molecular weight is 199 g/mol. The zero-order valence-corrected chi connectivity index (χ0v) is 9.69. The van der Waals surface area contributed by atoms with Gasteiger partial charge >= 0.3 is 0 Å². The SMILES string of the molecule is CC(C)(CS)CN1CC2CCC2C1. The Balaban J connectivity index is 1.83. The second kappa shape index (κ2) is 3.47. The highest BCUT2D eigenvalue weighted by atomic mass is 32.1. The Morgan fingerprint density at radius 1 is 1.23 bits per heavy atom. The number of fused-ring (bicyclic) bond motifs is 1. The third-order valence-electron chi connectivity index (χ3n) is 3.64. The van der Waals surface area contributed by atoms with Gasteiger partial charge in [0.1, 0.15) is 0 Å². The maximum atomic E-state index is 4.41. The predicted molar refractivity (Wildman–Crippen MR) is 60.3 cm³/mol. The molecule has 2 heteroatoms. The maximum Gasteiger partial charge on any atom is 0.00407 e. The molecule has 1 saturated heterocycles. The van der Waals surface area contributed by atoms with Gasteiger partial charge in [0.15, 0.2) is 0 Å². The molecule has 2 unspecified atom stereocenters. The van der Waals surface area contributed by atoms with Gasteiger partial charge in [-0.3, -0.25) is 0 Å². The van der Waals surface area contributed by atoms with Crippen molar-refractivity contribution >= 4 is 12.6 Å². The van der Waals surface area contributed by atoms with Crippen LogP contribution in [0, 0.1) is 17.3 Å². The van der Waals surface area contributed by atoms with E-state index in [9.17, 15) is 0 Å². The third-order valence-corrected chi connectivity index (χ3v) is 4.50. The van der Waals surface area contributed by atoms with Gasteiger partial charge in [0.2, 0.25) is 0 Å². The summed E-state index contributed by atoms with van der Waals surface area (Å²) in [5.41, 5.74) is 0.396. The standard InChI is InChI=1S/C11H21NS/c1-11(2,8-13)7-12-5-9-3-4-10(9)6-12/h9-10,13H,3-8H2,1-2H3. The van der Waals surface area contributed by atoms with E-state index in [-0.39, 0.29) is 0 Å². The Labute approximate surface area is 87.3 Å². The van der Waals surface area contributed by atoms with Crippen molar-refractivity contribution in [1.29, 1.82) is 0 Å². The van der Waals surface area contributed by atoms with Crippen molar-refractivity contribution < 1.29 is 0 Å². The topological polar surface area (TPSA) is 3.24 Å². The van der Waals surface area contributed by atoms with E-state index < -0.39 is 0 Å². The highest BCUT2D eigenvalue weighted by Crippen LogP contribution is 2.41. The summed E-state index contributed by atoms with van der Waals surface area (Å²) >= 11 is 4.41. The Kier molecular flexibility index (Phi) is 2.63. The molecule has 1 heterocycles. The van der Waals surface area contributed by atoms with Gasteiger partial charge in [-0.2, -0.15) is 12.6 Å². The van der Waals surface area contributed by atoms with E-state index in [2.05, 4.69) is 31.4 Å². The van der Waals surface area contributed by atoms with Crippen LogP contribution in [-0.4, -0.2) is 30.3 Å². The van der Waals surface area contributed by atoms with Crippen LogP contribution >= 0.6 is 12.6 Å². The molecule has 1 aliphatic carbocycles. The molecule has 1 aliphatic heterocycles. The molecule has 2 atom stereocenters. The smallest absolute Gasteiger partial charge is 0.00407 e. The Bertz CT molecular complexity index is 179. The first-order valence-corrected chi connectivity index (χ1v) is 6.07. The molecule has 2 aliphatic rings. The van der Waals surface area contributed by atoms with E-state index in [1.54, 1.807) is 0 Å². The summed E-state index contributed by atoms with van der Waals surface area (Å²) in [6, 6.07) is 0. The number of hydrogen-bond donors (Lipinski definition) is 1. The third kappa shape index (κ3) is 2.04. The normalized spacial score (nSPS) is 34.4. The Morgan fingerprint density at radius 3 is 2.15 bits per heavy atom. The van der Waals surface area contributed by atoms with Gasteiger partial charge in [0, 0.05) is 19.6 Å². The van der Waals surface area contributed by atoms with Crippen LogP contribution in [0.2, 0.25) is 0 Å². The molecule has 0 aromatic rings. The second-order valence-electron chi connectivity index (χ2n) is 5.61. The van der Waals surface area contributed by atoms with Gasteiger partial charge in [-0.05, 0) is 35.8 Å². The minimum Gasteiger partial charge on any atom is -0.302 e. The van der Waals surface area contributed by atoms with Crippen molar-refractivity contribution in [2.24, 2.45) is 17.3 Å². The van der Waals surface area contributed by atoms with E-state index in [0.717, 1.165) is 17.6 Å². The summed E-state index contributed by atoms with van der Waals surface area (Å²) in [5.74, 6) is 3.10. The van der Waals surface area contributed by atoms with Crippen molar-refractivity contribution in [2.45, 2.75) is 26.7 Å². The first kappa shape index (κ1) is 9.85. The van der Waals surface area contributed by atoms with Gasteiger partial charge in [0.05, 0.1) is 0 Å². The van der Waals surface area contributed by atoms with Crippen LogP contribution < -0.4 is 0 Å². The summed E-state index contributed by atoms with van der Waals surface area (Å²) in [4.78, 5) is 2.65. The van der Waals surface area contributed by atoms with E-state index >= 15 is 0 Å². The molecule has 2 fully saturated rings. The highest BCUT2D eigenvalue weighted by molar-refractivity contribution is 7.80. The number of thiol groups is 1. The number of hydrogen-bond acceptors (Lipinski definition) is 2. The number of likely N-dealkylation sites (tertiary alicyclic amines) is 1. The quantitative estimate of drug-likeness (QED) is 0.683. The summed E-state index contributed by atoms with van der Waals surface area (Å²) in [7, 11) is 0. The van der Waals surface area contributed by atoms with E-state index in [4.69, 9.17) is 0 Å². The monoisotopic (exact) mass is 199 g/mol. The summed E-state index contributed by atoms with van der Waals surface area (Å²) < 4.78 is 0. The van der Waals surface area contributed by atoms with Gasteiger partial charge in [-0.15, -0.1) is 0 Å². The number of nitrogens with zero attached hydrogens (tertiary/aromatic N) is 1. The van der Waals surface area contributed by atoms with Gasteiger partial charge in [-0.25, -0.2) is 0 Å². The molecule has 1 nitrogen and oxygen atoms in total. The van der Waals surface area contributed by atoms with Crippen LogP contribution in [0.25, 0.3) is 0 Å². The van der Waals surface area contributed by atoms with Crippen molar-refractivity contribution in [2.75, 3.05) is 25.4 Å². The van der Waals surface area contributed by atoms with Crippen molar-refractivity contribution in [1.82, 2.24) is 4.90 Å². The molecular formula is C11H21NS. The van der Waals surface area contributed by atoms with Crippen molar-refractivity contribution in [3.63, 3.8) is 0 Å². The molecule has 2 rings (SSSR count). The second-order valence-corrected chi connectivity index (χ2v) is 5.93. The van der Waals surface area contributed by atoms with Crippen molar-refractivity contribution in [3.05, 3.63) is 0 Å². The molecule has 0 aromatic carbocycles. The minimum absolute atomic E-state index is 0.396. The molecule has 0 bridgehead atoms. The molecule has 76 valence electrons. The lowest BCUT2D eigenvalue weighted by molar-refractivity contribution is 0.226. The lowest BCUT2D eigenvalue weighted by Crippen LogP contribution is -2.33. The fraction of sp³-hybridized carbons (Fsp3) is 1.00. The van der Waals surface area contributed by atoms with Crippen LogP contribution in [-0.2, 0) is 0 Å². The zero-order chi connectivity index (χ0) is 9.47. The van der Waals surface area contributed by atoms with Crippen molar-refractivity contribution in [3.8, 4) is 0 Å². The summed E-state index contributed by atoms with van der Waals surface area (Å²) in [6.07, 6.45) is 2.98. The van der Waals surface area contributed by atoms with Gasteiger partial charge in [0.25, 0.3) is 0 Å². The Hall–Kier alpha value is 0.310. The number of rotatable bonds is 3. The lowest BCUT2D eigenvalue weighted by Gasteiger charge is -2.28. The minimum atomic E-state index is 0.396. The summed E-state index contributed by atoms with van der Waals surface area (Å²) in [6.45, 7) is 8.60.